The van der Waals surface area contributed by atoms with E-state index in [1.54, 1.807) is 0 Å². The summed E-state index contributed by atoms with van der Waals surface area (Å²) in [6.45, 7) is 13.5. The number of aromatic nitrogens is 2. The molecule has 4 nitrogen and oxygen atoms in total. The Morgan fingerprint density at radius 1 is 0.952 bits per heavy atom. The molecule has 0 radical (unpaired) electrons. The topological polar surface area (TPSA) is 55.0 Å². The van der Waals surface area contributed by atoms with E-state index in [2.05, 4.69) is 49.7 Å². The van der Waals surface area contributed by atoms with Crippen LogP contribution in [0.2, 0.25) is 0 Å². The highest BCUT2D eigenvalue weighted by Gasteiger charge is 2.19. The summed E-state index contributed by atoms with van der Waals surface area (Å²) in [7, 11) is 0. The average molecular weight is 292 g/mol. The number of anilines is 1. The molecule has 1 heterocycles. The van der Waals surface area contributed by atoms with Crippen molar-refractivity contribution in [2.75, 3.05) is 18.0 Å². The van der Waals surface area contributed by atoms with Crippen molar-refractivity contribution < 1.29 is 0 Å². The normalized spacial score (nSPS) is 11.2. The molecule has 0 aliphatic rings. The van der Waals surface area contributed by atoms with Crippen LogP contribution in [0.4, 0.5) is 5.82 Å². The van der Waals surface area contributed by atoms with Gasteiger partial charge in [0.15, 0.2) is 5.82 Å². The highest BCUT2D eigenvalue weighted by molar-refractivity contribution is 5.51. The van der Waals surface area contributed by atoms with Gasteiger partial charge in [0.1, 0.15) is 0 Å². The minimum atomic E-state index is 0.542. The van der Waals surface area contributed by atoms with Crippen LogP contribution >= 0.6 is 0 Å². The Morgan fingerprint density at radius 3 is 2.05 bits per heavy atom. The first-order chi connectivity index (χ1) is 10.2. The smallest absolute Gasteiger partial charge is 0.156 e. The molecular weight excluding hydrogens is 260 g/mol. The maximum atomic E-state index is 6.04. The molecule has 0 aromatic carbocycles. The van der Waals surface area contributed by atoms with Gasteiger partial charge in [0.25, 0.3) is 0 Å². The van der Waals surface area contributed by atoms with E-state index in [9.17, 15) is 0 Å². The largest absolute Gasteiger partial charge is 0.355 e. The summed E-state index contributed by atoms with van der Waals surface area (Å²) < 4.78 is 0. The lowest BCUT2D eigenvalue weighted by atomic mass is 10.0. The van der Waals surface area contributed by atoms with E-state index < -0.39 is 0 Å². The first-order valence-electron chi connectivity index (χ1n) is 8.48. The summed E-state index contributed by atoms with van der Waals surface area (Å²) in [4.78, 5) is 2.35. The molecule has 4 heteroatoms. The molecule has 0 saturated heterocycles. The lowest BCUT2D eigenvalue weighted by Gasteiger charge is -2.28. The molecule has 0 atom stereocenters. The van der Waals surface area contributed by atoms with E-state index in [1.807, 2.05) is 0 Å². The molecule has 0 unspecified atom stereocenters. The van der Waals surface area contributed by atoms with Crippen molar-refractivity contribution in [3.8, 4) is 0 Å². The highest BCUT2D eigenvalue weighted by Crippen LogP contribution is 2.25. The van der Waals surface area contributed by atoms with Crippen molar-refractivity contribution in [3.05, 3.63) is 16.8 Å². The van der Waals surface area contributed by atoms with Crippen LogP contribution in [0.15, 0.2) is 0 Å². The van der Waals surface area contributed by atoms with Crippen molar-refractivity contribution in [1.29, 1.82) is 0 Å². The highest BCUT2D eigenvalue weighted by atomic mass is 15.3. The Hall–Kier alpha value is -1.16. The van der Waals surface area contributed by atoms with Crippen LogP contribution in [0.3, 0.4) is 0 Å². The number of aryl methyl sites for hydroxylation is 1. The van der Waals surface area contributed by atoms with Crippen molar-refractivity contribution in [3.63, 3.8) is 0 Å². The van der Waals surface area contributed by atoms with Gasteiger partial charge in [-0.05, 0) is 31.2 Å². The number of nitrogens with two attached hydrogens (primary N) is 1. The Labute approximate surface area is 130 Å². The third-order valence-electron chi connectivity index (χ3n) is 4.46. The fourth-order valence-electron chi connectivity index (χ4n) is 2.93. The Bertz CT molecular complexity index is 427. The summed E-state index contributed by atoms with van der Waals surface area (Å²) in [6.07, 6.45) is 4.29. The molecule has 1 rings (SSSR count). The minimum Gasteiger partial charge on any atom is -0.355 e. The molecule has 1 aromatic heterocycles. The van der Waals surface area contributed by atoms with Gasteiger partial charge in [0.2, 0.25) is 0 Å². The lowest BCUT2D eigenvalue weighted by molar-refractivity contribution is 0.483. The zero-order chi connectivity index (χ0) is 15.8. The molecule has 0 spiro atoms. The number of nitrogens with zero attached hydrogens (tertiary/aromatic N) is 3. The van der Waals surface area contributed by atoms with Crippen molar-refractivity contribution in [1.82, 2.24) is 10.2 Å². The van der Waals surface area contributed by atoms with Gasteiger partial charge in [-0.25, -0.2) is 0 Å². The quantitative estimate of drug-likeness (QED) is 0.758. The predicted molar refractivity (Wildman–Crippen MR) is 90.6 cm³/mol. The van der Waals surface area contributed by atoms with Crippen LogP contribution in [0, 0.1) is 5.92 Å². The van der Waals surface area contributed by atoms with Crippen molar-refractivity contribution in [2.45, 2.75) is 66.8 Å². The van der Waals surface area contributed by atoms with E-state index in [0.717, 1.165) is 37.4 Å². The predicted octanol–water partition coefficient (Wildman–Crippen LogP) is 3.32. The van der Waals surface area contributed by atoms with Gasteiger partial charge in [-0.15, -0.1) is 5.10 Å². The summed E-state index contributed by atoms with van der Waals surface area (Å²) in [5, 5.41) is 8.97. The van der Waals surface area contributed by atoms with Crippen molar-refractivity contribution in [2.24, 2.45) is 11.7 Å². The second kappa shape index (κ2) is 8.98. The third-order valence-corrected chi connectivity index (χ3v) is 4.46. The van der Waals surface area contributed by atoms with E-state index >= 15 is 0 Å². The standard InChI is InChI=1S/C17H32N4/c1-6-13(7-2)12-21(10-5)17-15(11-18)14(8-3)16(9-4)19-20-17/h13H,6-12,18H2,1-5H3. The van der Waals surface area contributed by atoms with Crippen LogP contribution in [0.25, 0.3) is 0 Å². The van der Waals surface area contributed by atoms with Crippen LogP contribution in [-0.2, 0) is 19.4 Å². The number of hydrogen-bond donors (Lipinski definition) is 1. The second-order valence-electron chi connectivity index (χ2n) is 5.56. The summed E-state index contributed by atoms with van der Waals surface area (Å²) in [5.41, 5.74) is 9.63. The monoisotopic (exact) mass is 292 g/mol. The molecule has 0 amide bonds. The van der Waals surface area contributed by atoms with Crippen LogP contribution < -0.4 is 10.6 Å². The maximum absolute atomic E-state index is 6.04. The average Bonchev–Trinajstić information content (AvgIpc) is 2.54. The third kappa shape index (κ3) is 4.16. The van der Waals surface area contributed by atoms with Crippen molar-refractivity contribution >= 4 is 5.82 Å². The van der Waals surface area contributed by atoms with Gasteiger partial charge in [-0.1, -0.05) is 40.5 Å². The van der Waals surface area contributed by atoms with Crippen LogP contribution in [0.1, 0.15) is 64.3 Å². The van der Waals surface area contributed by atoms with Gasteiger partial charge in [0.05, 0.1) is 5.69 Å². The van der Waals surface area contributed by atoms with Crippen LogP contribution in [0.5, 0.6) is 0 Å². The van der Waals surface area contributed by atoms with Gasteiger partial charge >= 0.3 is 0 Å². The fourth-order valence-corrected chi connectivity index (χ4v) is 2.93. The lowest BCUT2D eigenvalue weighted by Crippen LogP contribution is -2.32. The molecule has 2 N–H and O–H groups in total. The molecule has 21 heavy (non-hydrogen) atoms. The second-order valence-corrected chi connectivity index (χ2v) is 5.56. The Morgan fingerprint density at radius 2 is 1.62 bits per heavy atom. The van der Waals surface area contributed by atoms with E-state index in [0.29, 0.717) is 12.5 Å². The fraction of sp³-hybridized carbons (Fsp3) is 0.765. The number of rotatable bonds is 9. The Balaban J connectivity index is 3.20. The van der Waals surface area contributed by atoms with Gasteiger partial charge in [-0.2, -0.15) is 5.10 Å². The van der Waals surface area contributed by atoms with E-state index in [4.69, 9.17) is 5.73 Å². The molecule has 0 aliphatic carbocycles. The number of hydrogen-bond acceptors (Lipinski definition) is 4. The van der Waals surface area contributed by atoms with E-state index in [-0.39, 0.29) is 0 Å². The maximum Gasteiger partial charge on any atom is 0.156 e. The first kappa shape index (κ1) is 17.9. The summed E-state index contributed by atoms with van der Waals surface area (Å²) in [6, 6.07) is 0. The first-order valence-corrected chi connectivity index (χ1v) is 8.48. The zero-order valence-corrected chi connectivity index (χ0v) is 14.4. The molecular formula is C17H32N4. The molecule has 0 aliphatic heterocycles. The van der Waals surface area contributed by atoms with Gasteiger partial charge in [0, 0.05) is 25.2 Å². The molecule has 0 saturated carbocycles. The Kier molecular flexibility index (Phi) is 7.65. The van der Waals surface area contributed by atoms with Gasteiger partial charge in [-0.3, -0.25) is 0 Å². The minimum absolute atomic E-state index is 0.542. The summed E-state index contributed by atoms with van der Waals surface area (Å²) in [5.74, 6) is 1.70. The SMILES string of the molecule is CCc1nnc(N(CC)CC(CC)CC)c(CN)c1CC. The molecule has 0 bridgehead atoms. The van der Waals surface area contributed by atoms with Gasteiger partial charge < -0.3 is 10.6 Å². The van der Waals surface area contributed by atoms with Crippen LogP contribution in [-0.4, -0.2) is 23.3 Å². The summed E-state index contributed by atoms with van der Waals surface area (Å²) >= 11 is 0. The molecule has 120 valence electrons. The zero-order valence-electron chi connectivity index (χ0n) is 14.4. The molecule has 1 aromatic rings. The molecule has 0 fully saturated rings. The van der Waals surface area contributed by atoms with E-state index in [1.165, 1.54) is 24.0 Å².